The Morgan fingerprint density at radius 2 is 1.71 bits per heavy atom. The van der Waals surface area contributed by atoms with Crippen LogP contribution in [-0.4, -0.2) is 44.6 Å². The first-order valence-electron chi connectivity index (χ1n) is 14.2. The molecule has 2 aromatic carbocycles. The summed E-state index contributed by atoms with van der Waals surface area (Å²) in [6.45, 7) is 6.35. The van der Waals surface area contributed by atoms with Crippen LogP contribution in [0.15, 0.2) is 71.7 Å². The number of aryl methyl sites for hydroxylation is 2. The molecule has 0 saturated carbocycles. The van der Waals surface area contributed by atoms with E-state index < -0.39 is 5.95 Å². The van der Waals surface area contributed by atoms with Gasteiger partial charge in [0.05, 0.1) is 0 Å². The van der Waals surface area contributed by atoms with E-state index in [1.807, 2.05) is 19.1 Å². The summed E-state index contributed by atoms with van der Waals surface area (Å²) in [6, 6.07) is 18.7. The fourth-order valence-electron chi connectivity index (χ4n) is 5.75. The lowest BCUT2D eigenvalue weighted by atomic mass is 9.89. The van der Waals surface area contributed by atoms with E-state index in [1.165, 1.54) is 24.5 Å². The van der Waals surface area contributed by atoms with Crippen molar-refractivity contribution >= 4 is 34.3 Å². The Morgan fingerprint density at radius 3 is 2.40 bits per heavy atom. The van der Waals surface area contributed by atoms with Crippen molar-refractivity contribution in [1.82, 2.24) is 24.4 Å². The van der Waals surface area contributed by atoms with Crippen LogP contribution in [0.3, 0.4) is 0 Å². The summed E-state index contributed by atoms with van der Waals surface area (Å²) < 4.78 is 15.1. The SMILES string of the molecule is CCn1c(=O)c(-c2ccc(-c3ccc(F)nc3C)cc2Cl)cc2cnc(Nc3ccc(C4CCN(C)CC4)cc3)nc21. The number of likely N-dealkylation sites (tertiary alicyclic amines) is 1. The van der Waals surface area contributed by atoms with Crippen molar-refractivity contribution in [3.05, 3.63) is 99.4 Å². The molecule has 4 heterocycles. The van der Waals surface area contributed by atoms with E-state index in [0.29, 0.717) is 45.9 Å². The summed E-state index contributed by atoms with van der Waals surface area (Å²) in [7, 11) is 2.17. The Hall–Kier alpha value is -4.14. The van der Waals surface area contributed by atoms with Crippen LogP contribution in [0.25, 0.3) is 33.3 Å². The number of hydrogen-bond donors (Lipinski definition) is 1. The lowest BCUT2D eigenvalue weighted by Gasteiger charge is -2.29. The van der Waals surface area contributed by atoms with Crippen molar-refractivity contribution < 1.29 is 4.39 Å². The summed E-state index contributed by atoms with van der Waals surface area (Å²) in [6.07, 6.45) is 4.07. The Bertz CT molecular complexity index is 1830. The van der Waals surface area contributed by atoms with Crippen molar-refractivity contribution in [3.8, 4) is 22.3 Å². The van der Waals surface area contributed by atoms with E-state index in [1.54, 1.807) is 35.9 Å². The molecule has 0 amide bonds. The molecular formula is C33H32ClFN6O. The summed E-state index contributed by atoms with van der Waals surface area (Å²) in [5.74, 6) is 0.486. The third-order valence-corrected chi connectivity index (χ3v) is 8.43. The summed E-state index contributed by atoms with van der Waals surface area (Å²) in [5.41, 5.74) is 5.82. The fraction of sp³-hybridized carbons (Fsp3) is 0.273. The van der Waals surface area contributed by atoms with Crippen molar-refractivity contribution in [3.63, 3.8) is 0 Å². The lowest BCUT2D eigenvalue weighted by Crippen LogP contribution is -2.29. The van der Waals surface area contributed by atoms with Crippen LogP contribution >= 0.6 is 11.6 Å². The zero-order chi connectivity index (χ0) is 29.4. The molecule has 214 valence electrons. The van der Waals surface area contributed by atoms with E-state index in [-0.39, 0.29) is 5.56 Å². The predicted octanol–water partition coefficient (Wildman–Crippen LogP) is 7.19. The van der Waals surface area contributed by atoms with Gasteiger partial charge in [0.1, 0.15) is 5.65 Å². The first-order valence-corrected chi connectivity index (χ1v) is 14.6. The van der Waals surface area contributed by atoms with Crippen molar-refractivity contribution in [2.45, 2.75) is 39.2 Å². The number of hydrogen-bond acceptors (Lipinski definition) is 6. The topological polar surface area (TPSA) is 75.9 Å². The zero-order valence-electron chi connectivity index (χ0n) is 23.9. The third kappa shape index (κ3) is 5.52. The average Bonchev–Trinajstić information content (AvgIpc) is 2.98. The minimum atomic E-state index is -0.531. The third-order valence-electron chi connectivity index (χ3n) is 8.12. The standard InChI is InChI=1S/C33H32ClFN6O/c1-4-41-31-24(19-36-33(39-31)38-25-8-5-21(6-9-25)22-13-15-40(3)16-14-22)17-28(32(41)42)27-10-7-23(18-29(27)34)26-11-12-30(35)37-20(26)2/h5-12,17-19,22H,4,13-16H2,1-3H3,(H,36,38,39). The van der Waals surface area contributed by atoms with Crippen LogP contribution in [0.2, 0.25) is 5.02 Å². The van der Waals surface area contributed by atoms with E-state index in [4.69, 9.17) is 16.6 Å². The van der Waals surface area contributed by atoms with Crippen molar-refractivity contribution in [1.29, 1.82) is 0 Å². The highest BCUT2D eigenvalue weighted by atomic mass is 35.5. The highest BCUT2D eigenvalue weighted by Crippen LogP contribution is 2.33. The van der Waals surface area contributed by atoms with E-state index in [9.17, 15) is 9.18 Å². The first-order chi connectivity index (χ1) is 20.3. The Kier molecular flexibility index (Phi) is 7.75. The van der Waals surface area contributed by atoms with Crippen LogP contribution in [0, 0.1) is 12.9 Å². The second-order valence-corrected chi connectivity index (χ2v) is 11.3. The number of nitrogens with one attached hydrogen (secondary N) is 1. The Morgan fingerprint density at radius 1 is 0.976 bits per heavy atom. The van der Waals surface area contributed by atoms with Gasteiger partial charge in [-0.1, -0.05) is 35.9 Å². The maximum atomic E-state index is 13.7. The van der Waals surface area contributed by atoms with E-state index >= 15 is 0 Å². The smallest absolute Gasteiger partial charge is 0.260 e. The second kappa shape index (κ2) is 11.6. The van der Waals surface area contributed by atoms with Gasteiger partial charge in [-0.15, -0.1) is 0 Å². The molecular weight excluding hydrogens is 551 g/mol. The molecule has 0 unspecified atom stereocenters. The molecule has 0 radical (unpaired) electrons. The monoisotopic (exact) mass is 582 g/mol. The molecule has 6 rings (SSSR count). The molecule has 0 bridgehead atoms. The van der Waals surface area contributed by atoms with Gasteiger partial charge in [0.15, 0.2) is 0 Å². The number of benzene rings is 2. The quantitative estimate of drug-likeness (QED) is 0.213. The van der Waals surface area contributed by atoms with Crippen LogP contribution in [0.5, 0.6) is 0 Å². The average molecular weight is 583 g/mol. The molecule has 7 nitrogen and oxygen atoms in total. The highest BCUT2D eigenvalue weighted by molar-refractivity contribution is 6.33. The number of fused-ring (bicyclic) bond motifs is 1. The van der Waals surface area contributed by atoms with Crippen LogP contribution in [0.4, 0.5) is 16.0 Å². The maximum Gasteiger partial charge on any atom is 0.260 e. The molecule has 0 spiro atoms. The number of anilines is 2. The molecule has 0 aliphatic carbocycles. The normalized spacial score (nSPS) is 14.4. The first kappa shape index (κ1) is 28.0. The highest BCUT2D eigenvalue weighted by Gasteiger charge is 2.19. The van der Waals surface area contributed by atoms with Crippen molar-refractivity contribution in [2.24, 2.45) is 0 Å². The van der Waals surface area contributed by atoms with Gasteiger partial charge in [-0.2, -0.15) is 9.37 Å². The van der Waals surface area contributed by atoms with Gasteiger partial charge in [-0.25, -0.2) is 9.97 Å². The molecule has 1 aliphatic heterocycles. The van der Waals surface area contributed by atoms with Gasteiger partial charge in [0, 0.05) is 51.2 Å². The van der Waals surface area contributed by atoms with Gasteiger partial charge in [0.2, 0.25) is 11.9 Å². The molecule has 1 N–H and O–H groups in total. The number of rotatable bonds is 6. The molecule has 1 aliphatic rings. The summed E-state index contributed by atoms with van der Waals surface area (Å²) >= 11 is 6.71. The minimum Gasteiger partial charge on any atom is -0.324 e. The minimum absolute atomic E-state index is 0.189. The molecule has 0 atom stereocenters. The van der Waals surface area contributed by atoms with E-state index in [2.05, 4.69) is 51.5 Å². The van der Waals surface area contributed by atoms with Gasteiger partial charge < -0.3 is 10.2 Å². The van der Waals surface area contributed by atoms with Crippen LogP contribution in [-0.2, 0) is 6.54 Å². The maximum absolute atomic E-state index is 13.7. The fourth-order valence-corrected chi connectivity index (χ4v) is 6.03. The summed E-state index contributed by atoms with van der Waals surface area (Å²) in [4.78, 5) is 29.2. The molecule has 9 heteroatoms. The largest absolute Gasteiger partial charge is 0.324 e. The molecule has 5 aromatic rings. The molecule has 1 fully saturated rings. The van der Waals surface area contributed by atoms with Crippen LogP contribution < -0.4 is 10.9 Å². The molecule has 3 aromatic heterocycles. The molecule has 42 heavy (non-hydrogen) atoms. The van der Waals surface area contributed by atoms with Gasteiger partial charge in [-0.3, -0.25) is 9.36 Å². The Balaban J connectivity index is 1.29. The van der Waals surface area contributed by atoms with Gasteiger partial charge in [-0.05, 0) is 100 Å². The number of pyridine rings is 2. The Labute approximate surface area is 249 Å². The van der Waals surface area contributed by atoms with E-state index in [0.717, 1.165) is 35.3 Å². The molecule has 1 saturated heterocycles. The van der Waals surface area contributed by atoms with Gasteiger partial charge in [0.25, 0.3) is 5.56 Å². The van der Waals surface area contributed by atoms with Gasteiger partial charge >= 0.3 is 0 Å². The number of piperidine rings is 1. The van der Waals surface area contributed by atoms with Crippen molar-refractivity contribution in [2.75, 3.05) is 25.5 Å². The number of aromatic nitrogens is 4. The van der Waals surface area contributed by atoms with Crippen LogP contribution in [0.1, 0.15) is 36.9 Å². The zero-order valence-corrected chi connectivity index (χ0v) is 24.6. The predicted molar refractivity (Wildman–Crippen MR) is 167 cm³/mol. The second-order valence-electron chi connectivity index (χ2n) is 10.9. The lowest BCUT2D eigenvalue weighted by molar-refractivity contribution is 0.255. The summed E-state index contributed by atoms with van der Waals surface area (Å²) in [5, 5.41) is 4.44. The number of nitrogens with zero attached hydrogens (tertiary/aromatic N) is 5. The number of halogens is 2.